The lowest BCUT2D eigenvalue weighted by molar-refractivity contribution is 0.474. The normalized spacial score (nSPS) is 12.3. The SMILES string of the molecule is CC(Cc1ccc(O)cc1)NCc1ccccc1Cl. The van der Waals surface area contributed by atoms with Crippen molar-refractivity contribution in [1.29, 1.82) is 0 Å². The molecule has 0 saturated heterocycles. The van der Waals surface area contributed by atoms with Gasteiger partial charge in [0.1, 0.15) is 5.75 Å². The summed E-state index contributed by atoms with van der Waals surface area (Å²) >= 11 is 6.12. The van der Waals surface area contributed by atoms with Crippen molar-refractivity contribution in [2.24, 2.45) is 0 Å². The van der Waals surface area contributed by atoms with Gasteiger partial charge in [0.25, 0.3) is 0 Å². The van der Waals surface area contributed by atoms with Crippen molar-refractivity contribution in [3.63, 3.8) is 0 Å². The van der Waals surface area contributed by atoms with Crippen molar-refractivity contribution in [1.82, 2.24) is 5.32 Å². The first-order valence-corrected chi connectivity index (χ1v) is 6.77. The number of rotatable bonds is 5. The smallest absolute Gasteiger partial charge is 0.115 e. The number of hydrogen-bond donors (Lipinski definition) is 2. The Morgan fingerprint density at radius 1 is 1.11 bits per heavy atom. The summed E-state index contributed by atoms with van der Waals surface area (Å²) in [5.41, 5.74) is 2.32. The molecule has 0 saturated carbocycles. The number of nitrogens with one attached hydrogen (secondary N) is 1. The molecule has 0 bridgehead atoms. The molecule has 0 heterocycles. The van der Waals surface area contributed by atoms with Crippen molar-refractivity contribution >= 4 is 11.6 Å². The number of phenolic OH excluding ortho intramolecular Hbond substituents is 1. The van der Waals surface area contributed by atoms with Gasteiger partial charge in [-0.2, -0.15) is 0 Å². The third-order valence-corrected chi connectivity index (χ3v) is 3.45. The molecule has 1 atom stereocenters. The molecule has 1 unspecified atom stereocenters. The summed E-state index contributed by atoms with van der Waals surface area (Å²) in [5.74, 6) is 0.306. The average Bonchev–Trinajstić information content (AvgIpc) is 2.40. The van der Waals surface area contributed by atoms with Gasteiger partial charge < -0.3 is 10.4 Å². The maximum absolute atomic E-state index is 9.24. The van der Waals surface area contributed by atoms with Crippen LogP contribution in [-0.2, 0) is 13.0 Å². The minimum Gasteiger partial charge on any atom is -0.508 e. The highest BCUT2D eigenvalue weighted by molar-refractivity contribution is 6.31. The summed E-state index contributed by atoms with van der Waals surface area (Å²) in [6, 6.07) is 15.5. The third-order valence-electron chi connectivity index (χ3n) is 3.08. The van der Waals surface area contributed by atoms with E-state index in [0.29, 0.717) is 11.8 Å². The Morgan fingerprint density at radius 3 is 2.47 bits per heavy atom. The lowest BCUT2D eigenvalue weighted by atomic mass is 10.1. The molecule has 0 spiro atoms. The largest absolute Gasteiger partial charge is 0.508 e. The van der Waals surface area contributed by atoms with Crippen LogP contribution in [0, 0.1) is 0 Å². The van der Waals surface area contributed by atoms with Gasteiger partial charge in [0.15, 0.2) is 0 Å². The summed E-state index contributed by atoms with van der Waals surface area (Å²) in [6.07, 6.45) is 0.921. The fourth-order valence-corrected chi connectivity index (χ4v) is 2.19. The number of halogens is 1. The van der Waals surface area contributed by atoms with Crippen LogP contribution >= 0.6 is 11.6 Å². The fraction of sp³-hybridized carbons (Fsp3) is 0.250. The molecular weight excluding hydrogens is 258 g/mol. The Kier molecular flexibility index (Phi) is 4.83. The Bertz CT molecular complexity index is 525. The molecule has 2 rings (SSSR count). The zero-order valence-electron chi connectivity index (χ0n) is 10.9. The quantitative estimate of drug-likeness (QED) is 0.871. The van der Waals surface area contributed by atoms with Crippen LogP contribution in [0.25, 0.3) is 0 Å². The molecule has 3 heteroatoms. The summed E-state index contributed by atoms with van der Waals surface area (Å²) < 4.78 is 0. The van der Waals surface area contributed by atoms with Gasteiger partial charge in [-0.05, 0) is 42.7 Å². The standard InChI is InChI=1S/C16H18ClNO/c1-12(10-13-6-8-15(19)9-7-13)18-11-14-4-2-3-5-16(14)17/h2-9,12,18-19H,10-11H2,1H3. The Labute approximate surface area is 119 Å². The van der Waals surface area contributed by atoms with Crippen LogP contribution in [0.4, 0.5) is 0 Å². The van der Waals surface area contributed by atoms with Gasteiger partial charge in [-0.3, -0.25) is 0 Å². The lowest BCUT2D eigenvalue weighted by Crippen LogP contribution is -2.27. The van der Waals surface area contributed by atoms with Crippen LogP contribution in [0.5, 0.6) is 5.75 Å². The molecule has 0 amide bonds. The van der Waals surface area contributed by atoms with E-state index in [1.807, 2.05) is 36.4 Å². The van der Waals surface area contributed by atoms with E-state index in [1.54, 1.807) is 12.1 Å². The molecule has 0 aliphatic rings. The zero-order valence-corrected chi connectivity index (χ0v) is 11.7. The maximum atomic E-state index is 9.24. The van der Waals surface area contributed by atoms with E-state index in [1.165, 1.54) is 5.56 Å². The molecule has 0 aliphatic heterocycles. The van der Waals surface area contributed by atoms with E-state index in [4.69, 9.17) is 11.6 Å². The minimum atomic E-state index is 0.306. The van der Waals surface area contributed by atoms with Gasteiger partial charge in [0.2, 0.25) is 0 Å². The Hall–Kier alpha value is -1.51. The lowest BCUT2D eigenvalue weighted by Gasteiger charge is -2.14. The fourth-order valence-electron chi connectivity index (χ4n) is 1.98. The van der Waals surface area contributed by atoms with Crippen LogP contribution in [0.3, 0.4) is 0 Å². The summed E-state index contributed by atoms with van der Waals surface area (Å²) in [4.78, 5) is 0. The summed E-state index contributed by atoms with van der Waals surface area (Å²) in [5, 5.41) is 13.5. The van der Waals surface area contributed by atoms with Gasteiger partial charge >= 0.3 is 0 Å². The van der Waals surface area contributed by atoms with Crippen LogP contribution < -0.4 is 5.32 Å². The molecule has 0 aromatic heterocycles. The van der Waals surface area contributed by atoms with E-state index in [9.17, 15) is 5.11 Å². The third kappa shape index (κ3) is 4.27. The van der Waals surface area contributed by atoms with Crippen molar-refractivity contribution in [3.8, 4) is 5.75 Å². The van der Waals surface area contributed by atoms with Crippen LogP contribution in [0.2, 0.25) is 5.02 Å². The molecule has 0 radical (unpaired) electrons. The van der Waals surface area contributed by atoms with E-state index >= 15 is 0 Å². The highest BCUT2D eigenvalue weighted by Crippen LogP contribution is 2.15. The summed E-state index contributed by atoms with van der Waals surface area (Å²) in [7, 11) is 0. The monoisotopic (exact) mass is 275 g/mol. The highest BCUT2D eigenvalue weighted by atomic mass is 35.5. The number of phenols is 1. The minimum absolute atomic E-state index is 0.306. The second-order valence-electron chi connectivity index (χ2n) is 4.74. The Morgan fingerprint density at radius 2 is 1.79 bits per heavy atom. The number of benzene rings is 2. The molecule has 2 nitrogen and oxygen atoms in total. The van der Waals surface area contributed by atoms with Crippen LogP contribution in [0.15, 0.2) is 48.5 Å². The predicted octanol–water partition coefficient (Wildman–Crippen LogP) is 3.77. The molecule has 19 heavy (non-hydrogen) atoms. The van der Waals surface area contributed by atoms with Gasteiger partial charge in [-0.15, -0.1) is 0 Å². The number of hydrogen-bond acceptors (Lipinski definition) is 2. The maximum Gasteiger partial charge on any atom is 0.115 e. The molecule has 2 aromatic carbocycles. The van der Waals surface area contributed by atoms with Gasteiger partial charge in [0, 0.05) is 17.6 Å². The van der Waals surface area contributed by atoms with Crippen molar-refractivity contribution < 1.29 is 5.11 Å². The summed E-state index contributed by atoms with van der Waals surface area (Å²) in [6.45, 7) is 2.91. The van der Waals surface area contributed by atoms with E-state index in [2.05, 4.69) is 12.2 Å². The molecule has 0 fully saturated rings. The first kappa shape index (κ1) is 13.9. The van der Waals surface area contributed by atoms with Gasteiger partial charge in [0.05, 0.1) is 0 Å². The first-order chi connectivity index (χ1) is 9.15. The van der Waals surface area contributed by atoms with Crippen molar-refractivity contribution in [3.05, 3.63) is 64.7 Å². The van der Waals surface area contributed by atoms with E-state index in [0.717, 1.165) is 23.6 Å². The first-order valence-electron chi connectivity index (χ1n) is 6.40. The molecule has 100 valence electrons. The second-order valence-corrected chi connectivity index (χ2v) is 5.15. The zero-order chi connectivity index (χ0) is 13.7. The molecule has 2 N–H and O–H groups in total. The van der Waals surface area contributed by atoms with Gasteiger partial charge in [-0.1, -0.05) is 41.9 Å². The number of aromatic hydroxyl groups is 1. The van der Waals surface area contributed by atoms with Crippen LogP contribution in [-0.4, -0.2) is 11.1 Å². The molecule has 0 aliphatic carbocycles. The van der Waals surface area contributed by atoms with E-state index in [-0.39, 0.29) is 0 Å². The Balaban J connectivity index is 1.86. The van der Waals surface area contributed by atoms with Gasteiger partial charge in [-0.25, -0.2) is 0 Å². The molecular formula is C16H18ClNO. The average molecular weight is 276 g/mol. The van der Waals surface area contributed by atoms with Crippen LogP contribution in [0.1, 0.15) is 18.1 Å². The predicted molar refractivity (Wildman–Crippen MR) is 79.6 cm³/mol. The second kappa shape index (κ2) is 6.60. The molecule has 2 aromatic rings. The topological polar surface area (TPSA) is 32.3 Å². The van der Waals surface area contributed by atoms with Crippen molar-refractivity contribution in [2.45, 2.75) is 25.9 Å². The van der Waals surface area contributed by atoms with Crippen molar-refractivity contribution in [2.75, 3.05) is 0 Å². The van der Waals surface area contributed by atoms with E-state index < -0.39 is 0 Å². The highest BCUT2D eigenvalue weighted by Gasteiger charge is 2.05.